The number of fused-ring (bicyclic) bond motifs is 1. The summed E-state index contributed by atoms with van der Waals surface area (Å²) in [7, 11) is 2.07. The van der Waals surface area contributed by atoms with Crippen molar-refractivity contribution < 1.29 is 0 Å². The molecule has 106 valence electrons. The number of nitrogens with zero attached hydrogens (tertiary/aromatic N) is 3. The fourth-order valence-corrected chi connectivity index (χ4v) is 3.51. The molecule has 0 aliphatic carbocycles. The first-order chi connectivity index (χ1) is 10.3. The molecule has 3 heterocycles. The number of aromatic nitrogens is 2. The standard InChI is InChI=1S/C16H16N4S/c1-20(11-8-17-9-11)16-18-7-6-14(19-16)13-10-21-15-5-3-2-4-12(13)15/h2-7,10-11,17H,8-9H2,1H3. The molecule has 0 spiro atoms. The second-order valence-corrected chi connectivity index (χ2v) is 6.22. The first-order valence-electron chi connectivity index (χ1n) is 7.06. The molecule has 1 aliphatic rings. The molecule has 0 amide bonds. The molecule has 0 unspecified atom stereocenters. The van der Waals surface area contributed by atoms with Gasteiger partial charge in [0.25, 0.3) is 0 Å². The number of anilines is 1. The number of thiophene rings is 1. The third kappa shape index (κ3) is 2.18. The summed E-state index contributed by atoms with van der Waals surface area (Å²) in [5.41, 5.74) is 2.19. The lowest BCUT2D eigenvalue weighted by Crippen LogP contribution is -2.56. The Morgan fingerprint density at radius 2 is 2.10 bits per heavy atom. The van der Waals surface area contributed by atoms with E-state index >= 15 is 0 Å². The molecule has 0 saturated carbocycles. The quantitative estimate of drug-likeness (QED) is 0.807. The van der Waals surface area contributed by atoms with Crippen LogP contribution in [0.3, 0.4) is 0 Å². The van der Waals surface area contributed by atoms with Gasteiger partial charge in [0.1, 0.15) is 0 Å². The summed E-state index contributed by atoms with van der Waals surface area (Å²) in [5, 5.41) is 6.73. The Morgan fingerprint density at radius 3 is 2.90 bits per heavy atom. The number of benzene rings is 1. The van der Waals surface area contributed by atoms with Crippen LogP contribution >= 0.6 is 11.3 Å². The SMILES string of the molecule is CN(c1nccc(-c2csc3ccccc23)n1)C1CNC1. The third-order valence-corrected chi connectivity index (χ3v) is 4.99. The van der Waals surface area contributed by atoms with Gasteiger partial charge in [0.2, 0.25) is 5.95 Å². The van der Waals surface area contributed by atoms with Crippen molar-refractivity contribution in [3.63, 3.8) is 0 Å². The van der Waals surface area contributed by atoms with Gasteiger partial charge in [-0.2, -0.15) is 0 Å². The monoisotopic (exact) mass is 296 g/mol. The highest BCUT2D eigenvalue weighted by Crippen LogP contribution is 2.33. The summed E-state index contributed by atoms with van der Waals surface area (Å²) in [5.74, 6) is 0.800. The van der Waals surface area contributed by atoms with Crippen molar-refractivity contribution in [2.75, 3.05) is 25.0 Å². The van der Waals surface area contributed by atoms with Gasteiger partial charge in [-0.3, -0.25) is 0 Å². The van der Waals surface area contributed by atoms with E-state index in [4.69, 9.17) is 4.98 Å². The normalized spacial score (nSPS) is 15.1. The topological polar surface area (TPSA) is 41.1 Å². The minimum absolute atomic E-state index is 0.500. The third-order valence-electron chi connectivity index (χ3n) is 4.02. The largest absolute Gasteiger partial charge is 0.338 e. The average molecular weight is 296 g/mol. The molecule has 2 aromatic heterocycles. The lowest BCUT2D eigenvalue weighted by Gasteiger charge is -2.35. The van der Waals surface area contributed by atoms with Crippen molar-refractivity contribution >= 4 is 27.4 Å². The molecule has 4 rings (SSSR count). The van der Waals surface area contributed by atoms with E-state index in [1.165, 1.54) is 15.6 Å². The highest BCUT2D eigenvalue weighted by atomic mass is 32.1. The number of hydrogen-bond donors (Lipinski definition) is 1. The maximum Gasteiger partial charge on any atom is 0.225 e. The molecule has 3 aromatic rings. The summed E-state index contributed by atoms with van der Waals surface area (Å²) in [6.45, 7) is 2.01. The van der Waals surface area contributed by atoms with E-state index in [0.717, 1.165) is 24.7 Å². The van der Waals surface area contributed by atoms with Crippen LogP contribution in [0.2, 0.25) is 0 Å². The molecule has 1 aromatic carbocycles. The van der Waals surface area contributed by atoms with E-state index in [0.29, 0.717) is 6.04 Å². The van der Waals surface area contributed by atoms with Crippen molar-refractivity contribution in [3.8, 4) is 11.3 Å². The van der Waals surface area contributed by atoms with Gasteiger partial charge in [-0.25, -0.2) is 9.97 Å². The molecule has 1 fully saturated rings. The summed E-state index contributed by atoms with van der Waals surface area (Å²) in [6, 6.07) is 10.9. The summed E-state index contributed by atoms with van der Waals surface area (Å²) < 4.78 is 1.30. The Labute approximate surface area is 127 Å². The molecule has 4 nitrogen and oxygen atoms in total. The molecule has 21 heavy (non-hydrogen) atoms. The van der Waals surface area contributed by atoms with Gasteiger partial charge < -0.3 is 10.2 Å². The molecule has 1 N–H and O–H groups in total. The van der Waals surface area contributed by atoms with Crippen molar-refractivity contribution in [2.24, 2.45) is 0 Å². The van der Waals surface area contributed by atoms with E-state index in [9.17, 15) is 0 Å². The van der Waals surface area contributed by atoms with Gasteiger partial charge in [-0.05, 0) is 12.1 Å². The van der Waals surface area contributed by atoms with Crippen molar-refractivity contribution in [3.05, 3.63) is 41.9 Å². The van der Waals surface area contributed by atoms with Gasteiger partial charge in [-0.1, -0.05) is 18.2 Å². The Hall–Kier alpha value is -1.98. The second kappa shape index (κ2) is 5.09. The molecule has 5 heteroatoms. The van der Waals surface area contributed by atoms with Gasteiger partial charge in [0, 0.05) is 47.4 Å². The van der Waals surface area contributed by atoms with E-state index in [1.807, 2.05) is 12.3 Å². The highest BCUT2D eigenvalue weighted by molar-refractivity contribution is 7.17. The van der Waals surface area contributed by atoms with Gasteiger partial charge in [0.15, 0.2) is 0 Å². The number of rotatable bonds is 3. The highest BCUT2D eigenvalue weighted by Gasteiger charge is 2.23. The minimum atomic E-state index is 0.500. The molecule has 1 saturated heterocycles. The van der Waals surface area contributed by atoms with E-state index < -0.39 is 0 Å². The molecule has 0 atom stereocenters. The lowest BCUT2D eigenvalue weighted by atomic mass is 10.1. The Kier molecular flexibility index (Phi) is 3.09. The molecule has 1 aliphatic heterocycles. The number of likely N-dealkylation sites (N-methyl/N-ethyl adjacent to an activating group) is 1. The molecular formula is C16H16N4S. The van der Waals surface area contributed by atoms with Gasteiger partial charge in [-0.15, -0.1) is 11.3 Å². The molecule has 0 radical (unpaired) electrons. The predicted molar refractivity (Wildman–Crippen MR) is 87.9 cm³/mol. The fourth-order valence-electron chi connectivity index (χ4n) is 2.56. The van der Waals surface area contributed by atoms with Crippen LogP contribution in [0.25, 0.3) is 21.3 Å². The van der Waals surface area contributed by atoms with Crippen LogP contribution in [0.4, 0.5) is 5.95 Å². The number of nitrogens with one attached hydrogen (secondary N) is 1. The van der Waals surface area contributed by atoms with E-state index in [2.05, 4.69) is 51.9 Å². The van der Waals surface area contributed by atoms with Crippen molar-refractivity contribution in [1.29, 1.82) is 0 Å². The van der Waals surface area contributed by atoms with Crippen molar-refractivity contribution in [1.82, 2.24) is 15.3 Å². The van der Waals surface area contributed by atoms with E-state index in [-0.39, 0.29) is 0 Å². The maximum absolute atomic E-state index is 4.76. The zero-order valence-corrected chi connectivity index (χ0v) is 12.6. The van der Waals surface area contributed by atoms with Crippen molar-refractivity contribution in [2.45, 2.75) is 6.04 Å². The zero-order valence-electron chi connectivity index (χ0n) is 11.8. The Balaban J connectivity index is 1.75. The van der Waals surface area contributed by atoms with Crippen LogP contribution in [0.1, 0.15) is 0 Å². The summed E-state index contributed by atoms with van der Waals surface area (Å²) in [4.78, 5) is 11.3. The average Bonchev–Trinajstić information content (AvgIpc) is 2.89. The van der Waals surface area contributed by atoms with Crippen LogP contribution in [0.5, 0.6) is 0 Å². The fraction of sp³-hybridized carbons (Fsp3) is 0.250. The second-order valence-electron chi connectivity index (χ2n) is 5.31. The summed E-state index contributed by atoms with van der Waals surface area (Å²) >= 11 is 1.76. The predicted octanol–water partition coefficient (Wildman–Crippen LogP) is 2.77. The zero-order chi connectivity index (χ0) is 14.2. The van der Waals surface area contributed by atoms with Crippen LogP contribution in [-0.4, -0.2) is 36.1 Å². The smallest absolute Gasteiger partial charge is 0.225 e. The minimum Gasteiger partial charge on any atom is -0.338 e. The lowest BCUT2D eigenvalue weighted by molar-refractivity contribution is 0.424. The van der Waals surface area contributed by atoms with Crippen LogP contribution in [0, 0.1) is 0 Å². The Bertz CT molecular complexity index is 779. The molecular weight excluding hydrogens is 280 g/mol. The first-order valence-corrected chi connectivity index (χ1v) is 7.94. The Morgan fingerprint density at radius 1 is 1.24 bits per heavy atom. The van der Waals surface area contributed by atoms with Crippen LogP contribution in [-0.2, 0) is 0 Å². The number of hydrogen-bond acceptors (Lipinski definition) is 5. The van der Waals surface area contributed by atoms with E-state index in [1.54, 1.807) is 11.3 Å². The van der Waals surface area contributed by atoms with Gasteiger partial charge >= 0.3 is 0 Å². The maximum atomic E-state index is 4.76. The van der Waals surface area contributed by atoms with Gasteiger partial charge in [0.05, 0.1) is 11.7 Å². The van der Waals surface area contributed by atoms with Crippen LogP contribution in [0.15, 0.2) is 41.9 Å². The first kappa shape index (κ1) is 12.7. The molecule has 0 bridgehead atoms. The van der Waals surface area contributed by atoms with Crippen LogP contribution < -0.4 is 10.2 Å². The summed E-state index contributed by atoms with van der Waals surface area (Å²) in [6.07, 6.45) is 1.85.